The molecule has 0 radical (unpaired) electrons. The van der Waals surface area contributed by atoms with E-state index in [1.807, 2.05) is 0 Å². The highest BCUT2D eigenvalue weighted by Gasteiger charge is 2.25. The zero-order valence-corrected chi connectivity index (χ0v) is 15.3. The Labute approximate surface area is 150 Å². The summed E-state index contributed by atoms with van der Waals surface area (Å²) < 4.78 is 72.0. The molecular formula is C17H19F3N2O3S. The average Bonchev–Trinajstić information content (AvgIpc) is 2.59. The van der Waals surface area contributed by atoms with Gasteiger partial charge in [-0.3, -0.25) is 0 Å². The molecule has 0 aliphatic heterocycles. The van der Waals surface area contributed by atoms with Crippen LogP contribution in [0.5, 0.6) is 5.75 Å². The van der Waals surface area contributed by atoms with Crippen LogP contribution >= 0.6 is 0 Å². The van der Waals surface area contributed by atoms with Crippen molar-refractivity contribution in [2.45, 2.75) is 10.9 Å². The number of halogens is 3. The molecule has 0 unspecified atom stereocenters. The number of methoxy groups -OCH3 is 1. The van der Waals surface area contributed by atoms with E-state index in [9.17, 15) is 21.6 Å². The van der Waals surface area contributed by atoms with Gasteiger partial charge in [-0.05, 0) is 43.9 Å². The fourth-order valence-corrected chi connectivity index (χ4v) is 3.51. The van der Waals surface area contributed by atoms with Gasteiger partial charge < -0.3 is 9.64 Å². The maximum atomic E-state index is 13.8. The molecule has 0 aliphatic rings. The molecule has 1 atom stereocenters. The van der Waals surface area contributed by atoms with E-state index in [1.54, 1.807) is 43.3 Å². The number of rotatable bonds is 7. The van der Waals surface area contributed by atoms with Crippen LogP contribution in [-0.4, -0.2) is 41.1 Å². The molecule has 0 bridgehead atoms. The number of sulfonamides is 1. The average molecular weight is 388 g/mol. The lowest BCUT2D eigenvalue weighted by Crippen LogP contribution is -2.35. The van der Waals surface area contributed by atoms with Crippen LogP contribution in [0.3, 0.4) is 0 Å². The summed E-state index contributed by atoms with van der Waals surface area (Å²) >= 11 is 0. The highest BCUT2D eigenvalue weighted by molar-refractivity contribution is 7.89. The van der Waals surface area contributed by atoms with Crippen LogP contribution in [0.25, 0.3) is 0 Å². The van der Waals surface area contributed by atoms with E-state index in [-0.39, 0.29) is 12.6 Å². The van der Waals surface area contributed by atoms with Crippen molar-refractivity contribution in [3.63, 3.8) is 0 Å². The van der Waals surface area contributed by atoms with E-state index in [2.05, 4.69) is 4.72 Å². The molecule has 0 heterocycles. The maximum absolute atomic E-state index is 13.8. The maximum Gasteiger partial charge on any atom is 0.243 e. The minimum atomic E-state index is -4.36. The van der Waals surface area contributed by atoms with Crippen molar-refractivity contribution >= 4 is 10.0 Å². The van der Waals surface area contributed by atoms with Gasteiger partial charge in [-0.25, -0.2) is 26.3 Å². The molecule has 2 rings (SSSR count). The molecule has 142 valence electrons. The topological polar surface area (TPSA) is 58.6 Å². The Morgan fingerprint density at radius 3 is 2.19 bits per heavy atom. The molecule has 2 aromatic rings. The molecule has 5 nitrogen and oxygen atoms in total. The highest BCUT2D eigenvalue weighted by Crippen LogP contribution is 2.23. The Kier molecular flexibility index (Phi) is 6.27. The van der Waals surface area contributed by atoms with Crippen molar-refractivity contribution in [2.24, 2.45) is 0 Å². The van der Waals surface area contributed by atoms with Crippen molar-refractivity contribution in [1.29, 1.82) is 0 Å². The molecule has 2 aromatic carbocycles. The lowest BCUT2D eigenvalue weighted by atomic mass is 10.1. The number of hydrogen-bond acceptors (Lipinski definition) is 4. The minimum absolute atomic E-state index is 0.0971. The van der Waals surface area contributed by atoms with Gasteiger partial charge in [0.15, 0.2) is 17.5 Å². The van der Waals surface area contributed by atoms with Gasteiger partial charge >= 0.3 is 0 Å². The van der Waals surface area contributed by atoms with Crippen LogP contribution < -0.4 is 9.46 Å². The first-order valence-electron chi connectivity index (χ1n) is 7.61. The fourth-order valence-electron chi connectivity index (χ4n) is 2.41. The molecule has 0 saturated heterocycles. The molecule has 0 saturated carbocycles. The summed E-state index contributed by atoms with van der Waals surface area (Å²) in [5.41, 5.74) is 0.796. The van der Waals surface area contributed by atoms with Gasteiger partial charge in [0.25, 0.3) is 0 Å². The van der Waals surface area contributed by atoms with Crippen molar-refractivity contribution in [3.8, 4) is 5.75 Å². The minimum Gasteiger partial charge on any atom is -0.497 e. The smallest absolute Gasteiger partial charge is 0.243 e. The standard InChI is InChI=1S/C17H19F3N2O3S/c1-22(2)14(11-4-6-12(25-3)7-5-11)10-21-26(23,24)15-9-8-13(18)16(19)17(15)20/h4-9,14,21H,10H2,1-3H3/t14-/m0/s1. The van der Waals surface area contributed by atoms with E-state index >= 15 is 0 Å². The van der Waals surface area contributed by atoms with Crippen molar-refractivity contribution in [3.05, 3.63) is 59.4 Å². The number of nitrogens with zero attached hydrogens (tertiary/aromatic N) is 1. The summed E-state index contributed by atoms with van der Waals surface area (Å²) in [6, 6.07) is 7.90. The Bertz CT molecular complexity index is 872. The summed E-state index contributed by atoms with van der Waals surface area (Å²) in [7, 11) is 0.671. The quantitative estimate of drug-likeness (QED) is 0.741. The largest absolute Gasteiger partial charge is 0.497 e. The Balaban J connectivity index is 2.24. The third kappa shape index (κ3) is 4.35. The predicted molar refractivity (Wildman–Crippen MR) is 90.9 cm³/mol. The summed E-state index contributed by atoms with van der Waals surface area (Å²) in [4.78, 5) is 0.829. The molecule has 26 heavy (non-hydrogen) atoms. The second kappa shape index (κ2) is 8.07. The lowest BCUT2D eigenvalue weighted by molar-refractivity contribution is 0.299. The van der Waals surface area contributed by atoms with Crippen LogP contribution in [0.1, 0.15) is 11.6 Å². The monoisotopic (exact) mass is 388 g/mol. The third-order valence-electron chi connectivity index (χ3n) is 3.88. The number of ether oxygens (including phenoxy) is 1. The van der Waals surface area contributed by atoms with Crippen molar-refractivity contribution in [2.75, 3.05) is 27.7 Å². The Morgan fingerprint density at radius 1 is 1.04 bits per heavy atom. The van der Waals surface area contributed by atoms with Gasteiger partial charge in [-0.2, -0.15) is 0 Å². The number of benzene rings is 2. The van der Waals surface area contributed by atoms with Gasteiger partial charge in [-0.1, -0.05) is 12.1 Å². The first-order chi connectivity index (χ1) is 12.2. The number of likely N-dealkylation sites (N-methyl/N-ethyl adjacent to an activating group) is 1. The highest BCUT2D eigenvalue weighted by atomic mass is 32.2. The SMILES string of the molecule is COc1ccc([C@H](CNS(=O)(=O)c2ccc(F)c(F)c2F)N(C)C)cc1. The van der Waals surface area contributed by atoms with E-state index in [0.29, 0.717) is 17.9 Å². The first kappa shape index (κ1) is 20.2. The molecular weight excluding hydrogens is 369 g/mol. The zero-order chi connectivity index (χ0) is 19.5. The lowest BCUT2D eigenvalue weighted by Gasteiger charge is -2.25. The Hall–Kier alpha value is -2.10. The normalized spacial score (nSPS) is 13.0. The fraction of sp³-hybridized carbons (Fsp3) is 0.294. The van der Waals surface area contributed by atoms with Gasteiger partial charge in [0.05, 0.1) is 7.11 Å². The predicted octanol–water partition coefficient (Wildman–Crippen LogP) is 2.69. The zero-order valence-electron chi connectivity index (χ0n) is 14.5. The van der Waals surface area contributed by atoms with Crippen molar-refractivity contribution in [1.82, 2.24) is 9.62 Å². The van der Waals surface area contributed by atoms with Crippen molar-refractivity contribution < 1.29 is 26.3 Å². The molecule has 0 amide bonds. The van der Waals surface area contributed by atoms with Crippen LogP contribution in [-0.2, 0) is 10.0 Å². The van der Waals surface area contributed by atoms with Crippen LogP contribution in [0.15, 0.2) is 41.3 Å². The van der Waals surface area contributed by atoms with E-state index in [4.69, 9.17) is 4.74 Å². The van der Waals surface area contributed by atoms with Gasteiger partial charge in [0, 0.05) is 12.6 Å². The number of hydrogen-bond donors (Lipinski definition) is 1. The molecule has 1 N–H and O–H groups in total. The molecule has 0 aliphatic carbocycles. The van der Waals surface area contributed by atoms with Crippen LogP contribution in [0.2, 0.25) is 0 Å². The summed E-state index contributed by atoms with van der Waals surface area (Å²) in [6.45, 7) is -0.0971. The first-order valence-corrected chi connectivity index (χ1v) is 9.09. The van der Waals surface area contributed by atoms with Crippen LogP contribution in [0.4, 0.5) is 13.2 Å². The van der Waals surface area contributed by atoms with Crippen LogP contribution in [0, 0.1) is 17.5 Å². The molecule has 0 spiro atoms. The second-order valence-corrected chi connectivity index (χ2v) is 7.51. The van der Waals surface area contributed by atoms with Gasteiger partial charge in [-0.15, -0.1) is 0 Å². The van der Waals surface area contributed by atoms with E-state index < -0.39 is 32.4 Å². The molecule has 9 heteroatoms. The van der Waals surface area contributed by atoms with Gasteiger partial charge in [0.1, 0.15) is 10.6 Å². The second-order valence-electron chi connectivity index (χ2n) is 5.78. The summed E-state index contributed by atoms with van der Waals surface area (Å²) in [5.74, 6) is -4.38. The van der Waals surface area contributed by atoms with E-state index in [1.165, 1.54) is 7.11 Å². The third-order valence-corrected chi connectivity index (χ3v) is 5.32. The van der Waals surface area contributed by atoms with E-state index in [0.717, 1.165) is 5.56 Å². The number of nitrogens with one attached hydrogen (secondary N) is 1. The molecule has 0 fully saturated rings. The Morgan fingerprint density at radius 2 is 1.65 bits per heavy atom. The molecule has 0 aromatic heterocycles. The summed E-state index contributed by atoms with van der Waals surface area (Å²) in [6.07, 6.45) is 0. The summed E-state index contributed by atoms with van der Waals surface area (Å²) in [5, 5.41) is 0. The van der Waals surface area contributed by atoms with Gasteiger partial charge in [0.2, 0.25) is 10.0 Å².